The Hall–Kier alpha value is -3.02. The number of ketones is 1. The maximum atomic E-state index is 13.7. The molecule has 1 nitrogen and oxygen atoms in total. The Labute approximate surface area is 173 Å². The van der Waals surface area contributed by atoms with Gasteiger partial charge in [0.2, 0.25) is 5.78 Å². The summed E-state index contributed by atoms with van der Waals surface area (Å²) in [5, 5.41) is 3.69. The fourth-order valence-electron chi connectivity index (χ4n) is 4.13. The van der Waals surface area contributed by atoms with Crippen molar-refractivity contribution in [1.82, 2.24) is 0 Å². The maximum Gasteiger partial charge on any atom is 0.203 e. The van der Waals surface area contributed by atoms with Gasteiger partial charge < -0.3 is 0 Å². The summed E-state index contributed by atoms with van der Waals surface area (Å²) in [6, 6.07) is 41.4. The lowest BCUT2D eigenvalue weighted by Crippen LogP contribution is -2.41. The van der Waals surface area contributed by atoms with Crippen LogP contribution in [0.3, 0.4) is 0 Å². The monoisotopic (exact) mass is 395 g/mol. The third-order valence-electron chi connectivity index (χ3n) is 5.51. The van der Waals surface area contributed by atoms with Crippen molar-refractivity contribution in [2.75, 3.05) is 0 Å². The van der Waals surface area contributed by atoms with Gasteiger partial charge in [-0.1, -0.05) is 84.9 Å². The lowest BCUT2D eigenvalue weighted by atomic mass is 10.1. The summed E-state index contributed by atoms with van der Waals surface area (Å²) in [6.07, 6.45) is 0. The van der Waals surface area contributed by atoms with Crippen LogP contribution in [0.4, 0.5) is 0 Å². The summed E-state index contributed by atoms with van der Waals surface area (Å²) in [5.74, 6) is 0.190. The van der Waals surface area contributed by atoms with Crippen molar-refractivity contribution >= 4 is 29.0 Å². The third-order valence-corrected chi connectivity index (χ3v) is 10.2. The molecule has 0 unspecified atom stereocenters. The van der Waals surface area contributed by atoms with Crippen molar-refractivity contribution in [3.63, 3.8) is 0 Å². The van der Waals surface area contributed by atoms with E-state index < -0.39 is 7.26 Å². The van der Waals surface area contributed by atoms with Crippen molar-refractivity contribution in [2.24, 2.45) is 0 Å². The molecule has 0 fully saturated rings. The summed E-state index contributed by atoms with van der Waals surface area (Å²) in [5.41, 5.74) is 0.587. The molecule has 0 saturated heterocycles. The van der Waals surface area contributed by atoms with Crippen LogP contribution in [-0.4, -0.2) is 11.4 Å². The van der Waals surface area contributed by atoms with Crippen molar-refractivity contribution < 1.29 is 4.79 Å². The smallest absolute Gasteiger partial charge is 0.203 e. The number of carbonyl (C=O) groups is 1. The van der Waals surface area contributed by atoms with Gasteiger partial charge in [0.05, 0.1) is 0 Å². The Bertz CT molecular complexity index is 964. The molecular formula is C27H24OP+. The summed E-state index contributed by atoms with van der Waals surface area (Å²) in [4.78, 5) is 13.7. The van der Waals surface area contributed by atoms with E-state index in [9.17, 15) is 4.79 Å². The zero-order valence-corrected chi connectivity index (χ0v) is 17.4. The van der Waals surface area contributed by atoms with E-state index in [2.05, 4.69) is 79.7 Å². The molecule has 2 heteroatoms. The van der Waals surface area contributed by atoms with Crippen LogP contribution in [-0.2, 0) is 0 Å². The van der Waals surface area contributed by atoms with Gasteiger partial charge in [-0.05, 0) is 43.3 Å². The molecule has 0 aromatic heterocycles. The van der Waals surface area contributed by atoms with Crippen molar-refractivity contribution in [3.8, 4) is 0 Å². The minimum absolute atomic E-state index is 0.183. The first-order valence-electron chi connectivity index (χ1n) is 9.89. The van der Waals surface area contributed by atoms with E-state index in [0.29, 0.717) is 0 Å². The number of Topliss-reactive ketones (excluding diaryl/α,β-unsaturated/α-hetero) is 1. The number of hydrogen-bond donors (Lipinski definition) is 0. The molecule has 0 amide bonds. The zero-order valence-electron chi connectivity index (χ0n) is 16.5. The van der Waals surface area contributed by atoms with E-state index in [0.717, 1.165) is 5.56 Å². The average molecular weight is 395 g/mol. The van der Waals surface area contributed by atoms with Crippen molar-refractivity contribution in [1.29, 1.82) is 0 Å². The molecule has 142 valence electrons. The van der Waals surface area contributed by atoms with E-state index >= 15 is 0 Å². The molecule has 1 atom stereocenters. The summed E-state index contributed by atoms with van der Waals surface area (Å²) < 4.78 is 0. The molecule has 0 heterocycles. The van der Waals surface area contributed by atoms with Gasteiger partial charge >= 0.3 is 0 Å². The largest absolute Gasteiger partial charge is 0.290 e. The zero-order chi connectivity index (χ0) is 20.1. The van der Waals surface area contributed by atoms with Gasteiger partial charge in [-0.25, -0.2) is 0 Å². The first kappa shape index (κ1) is 19.3. The van der Waals surface area contributed by atoms with E-state index in [1.807, 2.05) is 48.5 Å². The highest BCUT2D eigenvalue weighted by Gasteiger charge is 2.53. The molecule has 4 rings (SSSR count). The second-order valence-corrected chi connectivity index (χ2v) is 10.9. The number of rotatable bonds is 6. The molecule has 4 aromatic carbocycles. The van der Waals surface area contributed by atoms with E-state index in [-0.39, 0.29) is 11.4 Å². The van der Waals surface area contributed by atoms with Gasteiger partial charge in [0.25, 0.3) is 0 Å². The standard InChI is InChI=1S/C27H24OP/c1-22(27(28)23-14-6-2-7-15-23)29(24-16-8-3-9-17-24,25-18-10-4-11-19-25)26-20-12-5-13-21-26/h2-22H,1H3/q+1/t22-/m1/s1. The van der Waals surface area contributed by atoms with Gasteiger partial charge in [0.15, 0.2) is 0 Å². The molecule has 0 N–H and O–H groups in total. The summed E-state index contributed by atoms with van der Waals surface area (Å²) in [7, 11) is -2.22. The van der Waals surface area contributed by atoms with Gasteiger partial charge in [-0.15, -0.1) is 0 Å². The second-order valence-electron chi connectivity index (χ2n) is 7.14. The first-order chi connectivity index (χ1) is 14.2. The normalized spacial score (nSPS) is 12.3. The highest BCUT2D eigenvalue weighted by Crippen LogP contribution is 2.60. The fraction of sp³-hybridized carbons (Fsp3) is 0.0741. The topological polar surface area (TPSA) is 17.1 Å². The fourth-order valence-corrected chi connectivity index (χ4v) is 8.79. The van der Waals surface area contributed by atoms with Gasteiger partial charge in [0.1, 0.15) is 28.8 Å². The van der Waals surface area contributed by atoms with Crippen LogP contribution in [0.5, 0.6) is 0 Å². The minimum Gasteiger partial charge on any atom is -0.290 e. The van der Waals surface area contributed by atoms with Crippen LogP contribution in [0.1, 0.15) is 17.3 Å². The van der Waals surface area contributed by atoms with Crippen LogP contribution in [0, 0.1) is 0 Å². The molecule has 0 radical (unpaired) electrons. The molecule has 29 heavy (non-hydrogen) atoms. The average Bonchev–Trinajstić information content (AvgIpc) is 2.82. The van der Waals surface area contributed by atoms with Crippen LogP contribution in [0.25, 0.3) is 0 Å². The Balaban J connectivity index is 2.01. The molecule has 0 aliphatic heterocycles. The van der Waals surface area contributed by atoms with Crippen molar-refractivity contribution in [2.45, 2.75) is 12.6 Å². The van der Waals surface area contributed by atoms with Crippen LogP contribution >= 0.6 is 7.26 Å². The molecule has 0 bridgehead atoms. The van der Waals surface area contributed by atoms with Gasteiger partial charge in [-0.3, -0.25) is 4.79 Å². The molecule has 0 aliphatic carbocycles. The SMILES string of the molecule is C[C@H](C(=O)c1ccccc1)[P+](c1ccccc1)(c1ccccc1)c1ccccc1. The van der Waals surface area contributed by atoms with Crippen LogP contribution < -0.4 is 15.9 Å². The Morgan fingerprint density at radius 1 is 0.552 bits per heavy atom. The molecule has 4 aromatic rings. The Morgan fingerprint density at radius 3 is 1.21 bits per heavy atom. The highest BCUT2D eigenvalue weighted by molar-refractivity contribution is 7.96. The Kier molecular flexibility index (Phi) is 5.69. The van der Waals surface area contributed by atoms with E-state index in [1.165, 1.54) is 15.9 Å². The lowest BCUT2D eigenvalue weighted by molar-refractivity contribution is 0.0992. The van der Waals surface area contributed by atoms with Crippen molar-refractivity contribution in [3.05, 3.63) is 127 Å². The minimum atomic E-state index is -2.22. The number of carbonyl (C=O) groups excluding carboxylic acids is 1. The van der Waals surface area contributed by atoms with Crippen LogP contribution in [0.2, 0.25) is 0 Å². The third kappa shape index (κ3) is 3.55. The van der Waals surface area contributed by atoms with Gasteiger partial charge in [-0.2, -0.15) is 0 Å². The molecule has 0 aliphatic rings. The highest BCUT2D eigenvalue weighted by atomic mass is 31.2. The summed E-state index contributed by atoms with van der Waals surface area (Å²) >= 11 is 0. The second kappa shape index (κ2) is 8.55. The molecule has 0 saturated carbocycles. The maximum absolute atomic E-state index is 13.7. The Morgan fingerprint density at radius 2 is 0.862 bits per heavy atom. The quantitative estimate of drug-likeness (QED) is 0.322. The van der Waals surface area contributed by atoms with Crippen LogP contribution in [0.15, 0.2) is 121 Å². The van der Waals surface area contributed by atoms with E-state index in [1.54, 1.807) is 0 Å². The predicted molar refractivity (Wildman–Crippen MR) is 125 cm³/mol. The summed E-state index contributed by atoms with van der Waals surface area (Å²) in [6.45, 7) is 2.11. The van der Waals surface area contributed by atoms with Gasteiger partial charge in [0, 0.05) is 5.56 Å². The molecule has 0 spiro atoms. The number of benzene rings is 4. The molecular weight excluding hydrogens is 371 g/mol. The number of hydrogen-bond acceptors (Lipinski definition) is 1. The lowest BCUT2D eigenvalue weighted by Gasteiger charge is -2.32. The predicted octanol–water partition coefficient (Wildman–Crippen LogP) is 5.25. The first-order valence-corrected chi connectivity index (χ1v) is 11.7. The van der Waals surface area contributed by atoms with E-state index in [4.69, 9.17) is 0 Å².